The predicted molar refractivity (Wildman–Crippen MR) is 69.1 cm³/mol. The molecule has 0 spiro atoms. The van der Waals surface area contributed by atoms with Gasteiger partial charge >= 0.3 is 5.97 Å². The van der Waals surface area contributed by atoms with Crippen molar-refractivity contribution in [2.24, 2.45) is 0 Å². The van der Waals surface area contributed by atoms with Crippen LogP contribution in [0.1, 0.15) is 32.1 Å². The summed E-state index contributed by atoms with van der Waals surface area (Å²) in [6.45, 7) is 1.49. The van der Waals surface area contributed by atoms with Crippen molar-refractivity contribution in [1.82, 2.24) is 10.2 Å². The first kappa shape index (κ1) is 15.4. The molecule has 0 aromatic rings. The lowest BCUT2D eigenvalue weighted by atomic mass is 9.99. The number of likely N-dealkylation sites (tertiary alicyclic amines) is 1. The predicted octanol–water partition coefficient (Wildman–Crippen LogP) is 0.434. The van der Waals surface area contributed by atoms with Crippen LogP contribution in [0.4, 0.5) is 0 Å². The Kier molecular flexibility index (Phi) is 6.90. The zero-order chi connectivity index (χ0) is 14.1. The Bertz CT molecular complexity index is 352. The number of nitrogens with zero attached hydrogens (tertiary/aromatic N) is 2. The molecule has 0 saturated carbocycles. The highest BCUT2D eigenvalue weighted by atomic mass is 16.5. The molecule has 0 bridgehead atoms. The average Bonchev–Trinajstić information content (AvgIpc) is 2.41. The summed E-state index contributed by atoms with van der Waals surface area (Å²) < 4.78 is 4.68. The minimum absolute atomic E-state index is 0.0860. The van der Waals surface area contributed by atoms with Crippen LogP contribution < -0.4 is 5.32 Å². The molecule has 1 aliphatic heterocycles. The third-order valence-corrected chi connectivity index (χ3v) is 3.28. The number of rotatable bonds is 6. The summed E-state index contributed by atoms with van der Waals surface area (Å²) in [5.74, 6) is -0.325. The molecule has 19 heavy (non-hydrogen) atoms. The largest absolute Gasteiger partial charge is 0.469 e. The molecule has 0 aromatic carbocycles. The van der Waals surface area contributed by atoms with E-state index in [0.29, 0.717) is 19.4 Å². The highest BCUT2D eigenvalue weighted by Gasteiger charge is 2.26. The minimum Gasteiger partial charge on any atom is -0.469 e. The van der Waals surface area contributed by atoms with Gasteiger partial charge in [-0.15, -0.1) is 0 Å². The van der Waals surface area contributed by atoms with Crippen molar-refractivity contribution in [1.29, 1.82) is 5.26 Å². The molecule has 6 nitrogen and oxygen atoms in total. The van der Waals surface area contributed by atoms with Crippen LogP contribution in [0.2, 0.25) is 0 Å². The molecule has 1 atom stereocenters. The van der Waals surface area contributed by atoms with E-state index in [1.807, 2.05) is 11.0 Å². The lowest BCUT2D eigenvalue weighted by Gasteiger charge is -2.34. The van der Waals surface area contributed by atoms with E-state index in [4.69, 9.17) is 5.26 Å². The van der Waals surface area contributed by atoms with Gasteiger partial charge in [-0.3, -0.25) is 14.5 Å². The molecule has 1 rings (SSSR count). The molecule has 0 aromatic heterocycles. The van der Waals surface area contributed by atoms with E-state index >= 15 is 0 Å². The van der Waals surface area contributed by atoms with E-state index < -0.39 is 0 Å². The number of ether oxygens (including phenoxy) is 1. The van der Waals surface area contributed by atoms with Crippen LogP contribution in [-0.2, 0) is 14.3 Å². The van der Waals surface area contributed by atoms with Crippen LogP contribution in [0.25, 0.3) is 0 Å². The normalized spacial score (nSPS) is 19.5. The molecular weight excluding hydrogens is 246 g/mol. The maximum absolute atomic E-state index is 11.7. The third kappa shape index (κ3) is 5.71. The standard InChI is InChI=1S/C13H21N3O3/c1-19-13(18)9-11-5-2-3-8-16(11)10-12(17)15-7-4-6-14/h11H,2-5,7-10H2,1H3,(H,15,17). The van der Waals surface area contributed by atoms with E-state index in [9.17, 15) is 9.59 Å². The minimum atomic E-state index is -0.234. The van der Waals surface area contributed by atoms with E-state index in [1.165, 1.54) is 7.11 Å². The van der Waals surface area contributed by atoms with Gasteiger partial charge < -0.3 is 10.1 Å². The number of carbonyl (C=O) groups excluding carboxylic acids is 2. The fourth-order valence-corrected chi connectivity index (χ4v) is 2.27. The summed E-state index contributed by atoms with van der Waals surface area (Å²) in [5, 5.41) is 11.1. The Morgan fingerprint density at radius 3 is 2.95 bits per heavy atom. The topological polar surface area (TPSA) is 82.4 Å². The Balaban J connectivity index is 2.41. The number of amides is 1. The highest BCUT2D eigenvalue weighted by molar-refractivity contribution is 5.78. The first-order chi connectivity index (χ1) is 9.17. The van der Waals surface area contributed by atoms with Gasteiger partial charge in [-0.05, 0) is 19.4 Å². The van der Waals surface area contributed by atoms with E-state index in [0.717, 1.165) is 25.8 Å². The summed E-state index contributed by atoms with van der Waals surface area (Å²) >= 11 is 0. The van der Waals surface area contributed by atoms with Crippen molar-refractivity contribution in [3.05, 3.63) is 0 Å². The molecule has 1 N–H and O–H groups in total. The van der Waals surface area contributed by atoms with E-state index in [1.54, 1.807) is 0 Å². The molecule has 0 aliphatic carbocycles. The van der Waals surface area contributed by atoms with Crippen molar-refractivity contribution in [3.8, 4) is 6.07 Å². The van der Waals surface area contributed by atoms with Crippen LogP contribution in [0, 0.1) is 11.3 Å². The Morgan fingerprint density at radius 2 is 2.26 bits per heavy atom. The number of esters is 1. The van der Waals surface area contributed by atoms with Gasteiger partial charge in [-0.25, -0.2) is 0 Å². The van der Waals surface area contributed by atoms with E-state index in [2.05, 4.69) is 10.1 Å². The quantitative estimate of drug-likeness (QED) is 0.557. The molecule has 1 unspecified atom stereocenters. The second kappa shape index (κ2) is 8.48. The SMILES string of the molecule is COC(=O)CC1CCCCN1CC(=O)NCCC#N. The fraction of sp³-hybridized carbons (Fsp3) is 0.769. The number of hydrogen-bond acceptors (Lipinski definition) is 5. The second-order valence-electron chi connectivity index (χ2n) is 4.66. The highest BCUT2D eigenvalue weighted by Crippen LogP contribution is 2.19. The summed E-state index contributed by atoms with van der Waals surface area (Å²) in [6, 6.07) is 2.07. The van der Waals surface area contributed by atoms with Crippen LogP contribution in [-0.4, -0.2) is 49.6 Å². The van der Waals surface area contributed by atoms with Gasteiger partial charge in [-0.1, -0.05) is 6.42 Å². The third-order valence-electron chi connectivity index (χ3n) is 3.28. The van der Waals surface area contributed by atoms with Crippen molar-refractivity contribution in [3.63, 3.8) is 0 Å². The van der Waals surface area contributed by atoms with Gasteiger partial charge in [0.05, 0.1) is 32.6 Å². The number of hydrogen-bond donors (Lipinski definition) is 1. The lowest BCUT2D eigenvalue weighted by Crippen LogP contribution is -2.46. The maximum Gasteiger partial charge on any atom is 0.307 e. The van der Waals surface area contributed by atoms with Crippen LogP contribution in [0.3, 0.4) is 0 Å². The van der Waals surface area contributed by atoms with Gasteiger partial charge in [0.1, 0.15) is 0 Å². The molecule has 6 heteroatoms. The van der Waals surface area contributed by atoms with Gasteiger partial charge in [0, 0.05) is 12.6 Å². The number of piperidine rings is 1. The van der Waals surface area contributed by atoms with Crippen LogP contribution in [0.5, 0.6) is 0 Å². The fourth-order valence-electron chi connectivity index (χ4n) is 2.27. The summed E-state index contributed by atoms with van der Waals surface area (Å²) in [6.07, 6.45) is 3.69. The summed E-state index contributed by atoms with van der Waals surface area (Å²) in [5.41, 5.74) is 0. The summed E-state index contributed by atoms with van der Waals surface area (Å²) in [4.78, 5) is 25.1. The molecule has 1 amide bonds. The summed E-state index contributed by atoms with van der Waals surface area (Å²) in [7, 11) is 1.38. The van der Waals surface area contributed by atoms with Crippen molar-refractivity contribution in [2.45, 2.75) is 38.1 Å². The molecule has 1 fully saturated rings. The Hall–Kier alpha value is -1.61. The number of nitrogens with one attached hydrogen (secondary N) is 1. The molecule has 1 saturated heterocycles. The number of methoxy groups -OCH3 is 1. The maximum atomic E-state index is 11.7. The Morgan fingerprint density at radius 1 is 1.47 bits per heavy atom. The van der Waals surface area contributed by atoms with Gasteiger partial charge in [0.2, 0.25) is 5.91 Å². The lowest BCUT2D eigenvalue weighted by molar-refractivity contribution is -0.143. The van der Waals surface area contributed by atoms with Crippen molar-refractivity contribution >= 4 is 11.9 Å². The van der Waals surface area contributed by atoms with Gasteiger partial charge in [0.25, 0.3) is 0 Å². The monoisotopic (exact) mass is 267 g/mol. The smallest absolute Gasteiger partial charge is 0.307 e. The molecule has 106 valence electrons. The Labute approximate surface area is 113 Å². The second-order valence-corrected chi connectivity index (χ2v) is 4.66. The van der Waals surface area contributed by atoms with Crippen LogP contribution in [0.15, 0.2) is 0 Å². The first-order valence-corrected chi connectivity index (χ1v) is 6.62. The van der Waals surface area contributed by atoms with Gasteiger partial charge in [0.15, 0.2) is 0 Å². The van der Waals surface area contributed by atoms with Crippen molar-refractivity contribution < 1.29 is 14.3 Å². The first-order valence-electron chi connectivity index (χ1n) is 6.62. The zero-order valence-corrected chi connectivity index (χ0v) is 11.4. The van der Waals surface area contributed by atoms with E-state index in [-0.39, 0.29) is 24.5 Å². The molecule has 1 heterocycles. The van der Waals surface area contributed by atoms with Crippen LogP contribution >= 0.6 is 0 Å². The molecular formula is C13H21N3O3. The van der Waals surface area contributed by atoms with Gasteiger partial charge in [-0.2, -0.15) is 5.26 Å². The molecule has 1 aliphatic rings. The van der Waals surface area contributed by atoms with Crippen molar-refractivity contribution in [2.75, 3.05) is 26.7 Å². The molecule has 0 radical (unpaired) electrons. The average molecular weight is 267 g/mol. The number of nitriles is 1. The number of carbonyl (C=O) groups is 2. The zero-order valence-electron chi connectivity index (χ0n) is 11.4.